The van der Waals surface area contributed by atoms with Gasteiger partial charge in [0.1, 0.15) is 0 Å². The highest BCUT2D eigenvalue weighted by Gasteiger charge is 2.12. The van der Waals surface area contributed by atoms with E-state index in [2.05, 4.69) is 32.0 Å². The van der Waals surface area contributed by atoms with Crippen molar-refractivity contribution in [1.82, 2.24) is 0 Å². The van der Waals surface area contributed by atoms with Crippen molar-refractivity contribution in [3.63, 3.8) is 0 Å². The molecule has 0 aliphatic rings. The van der Waals surface area contributed by atoms with Crippen LogP contribution in [0.25, 0.3) is 0 Å². The maximum atomic E-state index is 6.06. The van der Waals surface area contributed by atoms with Gasteiger partial charge in [-0.1, -0.05) is 26.0 Å². The average Bonchev–Trinajstić information content (AvgIpc) is 2.15. The van der Waals surface area contributed by atoms with Crippen LogP contribution in [0.2, 0.25) is 0 Å². The number of hydrogen-bond acceptors (Lipinski definition) is 2. The topological polar surface area (TPSA) is 35.2 Å². The van der Waals surface area contributed by atoms with Gasteiger partial charge in [0, 0.05) is 11.3 Å². The first-order valence-corrected chi connectivity index (χ1v) is 5.96. The molecule has 0 radical (unpaired) electrons. The molecule has 0 aliphatic heterocycles. The highest BCUT2D eigenvalue weighted by molar-refractivity contribution is 5.50. The van der Waals surface area contributed by atoms with E-state index in [-0.39, 0.29) is 12.2 Å². The van der Waals surface area contributed by atoms with E-state index in [0.29, 0.717) is 5.92 Å². The van der Waals surface area contributed by atoms with Crippen molar-refractivity contribution < 1.29 is 4.74 Å². The first-order chi connectivity index (χ1) is 7.41. The molecule has 0 amide bonds. The molecule has 90 valence electrons. The van der Waals surface area contributed by atoms with Gasteiger partial charge >= 0.3 is 0 Å². The number of ether oxygens (including phenoxy) is 1. The maximum absolute atomic E-state index is 6.06. The van der Waals surface area contributed by atoms with Crippen LogP contribution in [0.4, 0.5) is 5.69 Å². The molecule has 0 heterocycles. The number of anilines is 1. The second-order valence-electron chi connectivity index (χ2n) is 4.87. The van der Waals surface area contributed by atoms with Gasteiger partial charge < -0.3 is 10.5 Å². The summed E-state index contributed by atoms with van der Waals surface area (Å²) in [5.41, 5.74) is 9.25. The lowest BCUT2D eigenvalue weighted by atomic mass is 9.98. The summed E-state index contributed by atoms with van der Waals surface area (Å²) in [6.45, 7) is 10.5. The van der Waals surface area contributed by atoms with Crippen LogP contribution in [0.3, 0.4) is 0 Å². The van der Waals surface area contributed by atoms with Crippen LogP contribution in [-0.2, 0) is 4.74 Å². The van der Waals surface area contributed by atoms with Gasteiger partial charge in [-0.05, 0) is 38.3 Å². The molecular formula is C14H23NO. The highest BCUT2D eigenvalue weighted by atomic mass is 16.5. The minimum Gasteiger partial charge on any atom is -0.398 e. The molecule has 1 rings (SSSR count). The normalized spacial score (nSPS) is 13.4. The monoisotopic (exact) mass is 221 g/mol. The quantitative estimate of drug-likeness (QED) is 0.783. The maximum Gasteiger partial charge on any atom is 0.0820 e. The minimum absolute atomic E-state index is 0.0567. The summed E-state index contributed by atoms with van der Waals surface area (Å²) >= 11 is 0. The van der Waals surface area contributed by atoms with E-state index in [0.717, 1.165) is 11.3 Å². The predicted octanol–water partition coefficient (Wildman–Crippen LogP) is 3.88. The van der Waals surface area contributed by atoms with Crippen LogP contribution in [0.15, 0.2) is 18.2 Å². The van der Waals surface area contributed by atoms with E-state index < -0.39 is 0 Å². The third-order valence-electron chi connectivity index (χ3n) is 2.69. The number of rotatable bonds is 4. The van der Waals surface area contributed by atoms with Gasteiger partial charge in [-0.2, -0.15) is 0 Å². The van der Waals surface area contributed by atoms with Crippen LogP contribution >= 0.6 is 0 Å². The molecule has 1 aromatic carbocycles. The molecule has 0 saturated heterocycles. The van der Waals surface area contributed by atoms with Crippen molar-refractivity contribution in [2.75, 3.05) is 5.73 Å². The van der Waals surface area contributed by atoms with Crippen LogP contribution in [-0.4, -0.2) is 6.10 Å². The number of benzene rings is 1. The fraction of sp³-hybridized carbons (Fsp3) is 0.571. The van der Waals surface area contributed by atoms with E-state index in [1.165, 1.54) is 5.56 Å². The van der Waals surface area contributed by atoms with E-state index in [1.54, 1.807) is 0 Å². The second kappa shape index (κ2) is 5.35. The highest BCUT2D eigenvalue weighted by Crippen LogP contribution is 2.27. The van der Waals surface area contributed by atoms with Crippen molar-refractivity contribution in [2.45, 2.75) is 52.7 Å². The molecule has 0 spiro atoms. The number of hydrogen-bond donors (Lipinski definition) is 1. The Morgan fingerprint density at radius 3 is 2.12 bits per heavy atom. The Bertz CT molecular complexity index is 345. The number of nitrogens with two attached hydrogens (primary N) is 1. The third kappa shape index (κ3) is 3.24. The van der Waals surface area contributed by atoms with Gasteiger partial charge in [-0.25, -0.2) is 0 Å². The molecule has 1 atom stereocenters. The zero-order valence-electron chi connectivity index (χ0n) is 10.9. The summed E-state index contributed by atoms with van der Waals surface area (Å²) in [6.07, 6.45) is 0.278. The Hall–Kier alpha value is -1.02. The fourth-order valence-electron chi connectivity index (χ4n) is 1.80. The molecule has 0 fully saturated rings. The molecule has 0 aliphatic carbocycles. The lowest BCUT2D eigenvalue weighted by Crippen LogP contribution is -2.09. The summed E-state index contributed by atoms with van der Waals surface area (Å²) in [6, 6.07) is 6.27. The van der Waals surface area contributed by atoms with Crippen molar-refractivity contribution >= 4 is 5.69 Å². The molecule has 1 aromatic rings. The van der Waals surface area contributed by atoms with Gasteiger partial charge in [0.25, 0.3) is 0 Å². The first-order valence-electron chi connectivity index (χ1n) is 5.96. The van der Waals surface area contributed by atoms with E-state index in [1.807, 2.05) is 20.8 Å². The fourth-order valence-corrected chi connectivity index (χ4v) is 1.80. The summed E-state index contributed by atoms with van der Waals surface area (Å²) < 4.78 is 5.74. The third-order valence-corrected chi connectivity index (χ3v) is 2.69. The Kier molecular flexibility index (Phi) is 4.36. The first kappa shape index (κ1) is 13.0. The van der Waals surface area contributed by atoms with Crippen LogP contribution in [0, 0.1) is 0 Å². The largest absolute Gasteiger partial charge is 0.398 e. The molecule has 16 heavy (non-hydrogen) atoms. The summed E-state index contributed by atoms with van der Waals surface area (Å²) in [4.78, 5) is 0. The van der Waals surface area contributed by atoms with Crippen molar-refractivity contribution in [1.29, 1.82) is 0 Å². The number of nitrogen functional groups attached to an aromatic ring is 1. The lowest BCUT2D eigenvalue weighted by molar-refractivity contribution is 0.0182. The molecule has 2 heteroatoms. The van der Waals surface area contributed by atoms with Gasteiger partial charge in [0.05, 0.1) is 12.2 Å². The molecule has 0 aromatic heterocycles. The van der Waals surface area contributed by atoms with Gasteiger partial charge in [0.15, 0.2) is 0 Å². The Balaban J connectivity index is 2.90. The van der Waals surface area contributed by atoms with Gasteiger partial charge in [-0.3, -0.25) is 0 Å². The summed E-state index contributed by atoms with van der Waals surface area (Å²) in [5.74, 6) is 0.512. The Labute approximate surface area is 98.8 Å². The molecule has 0 saturated carbocycles. The van der Waals surface area contributed by atoms with Crippen LogP contribution in [0.1, 0.15) is 57.8 Å². The summed E-state index contributed by atoms with van der Waals surface area (Å²) in [5, 5.41) is 0. The Morgan fingerprint density at radius 2 is 1.69 bits per heavy atom. The van der Waals surface area contributed by atoms with Gasteiger partial charge in [-0.15, -0.1) is 0 Å². The zero-order chi connectivity index (χ0) is 12.3. The molecule has 0 bridgehead atoms. The Morgan fingerprint density at radius 1 is 1.06 bits per heavy atom. The molecule has 2 nitrogen and oxygen atoms in total. The van der Waals surface area contributed by atoms with Crippen LogP contribution < -0.4 is 5.73 Å². The van der Waals surface area contributed by atoms with Gasteiger partial charge in [0.2, 0.25) is 0 Å². The zero-order valence-corrected chi connectivity index (χ0v) is 10.9. The SMILES string of the molecule is CC(C)O[C@H](C)c1ccc(C(C)C)cc1N. The predicted molar refractivity (Wildman–Crippen MR) is 69.6 cm³/mol. The summed E-state index contributed by atoms with van der Waals surface area (Å²) in [7, 11) is 0. The second-order valence-corrected chi connectivity index (χ2v) is 4.87. The average molecular weight is 221 g/mol. The van der Waals surface area contributed by atoms with Crippen molar-refractivity contribution in [3.8, 4) is 0 Å². The van der Waals surface area contributed by atoms with Crippen molar-refractivity contribution in [2.24, 2.45) is 0 Å². The lowest BCUT2D eigenvalue weighted by Gasteiger charge is -2.19. The molecular weight excluding hydrogens is 198 g/mol. The smallest absolute Gasteiger partial charge is 0.0820 e. The standard InChI is InChI=1S/C14H23NO/c1-9(2)12-6-7-13(14(15)8-12)11(5)16-10(3)4/h6-11H,15H2,1-5H3/t11-/m1/s1. The van der Waals surface area contributed by atoms with Crippen molar-refractivity contribution in [3.05, 3.63) is 29.3 Å². The molecule has 2 N–H and O–H groups in total. The van der Waals surface area contributed by atoms with Crippen LogP contribution in [0.5, 0.6) is 0 Å². The van der Waals surface area contributed by atoms with E-state index >= 15 is 0 Å². The molecule has 0 unspecified atom stereocenters. The minimum atomic E-state index is 0.0567. The van der Waals surface area contributed by atoms with E-state index in [9.17, 15) is 0 Å². The van der Waals surface area contributed by atoms with E-state index in [4.69, 9.17) is 10.5 Å².